The molecule has 0 aliphatic heterocycles. The Morgan fingerprint density at radius 3 is 1.68 bits per heavy atom. The van der Waals surface area contributed by atoms with E-state index in [1.54, 1.807) is 75.0 Å². The second-order valence-electron chi connectivity index (χ2n) is 14.6. The average molecular weight is 866 g/mol. The second kappa shape index (κ2) is 18.5. The maximum absolute atomic E-state index is 13.2. The quantitative estimate of drug-likeness (QED) is 0.0634. The lowest BCUT2D eigenvalue weighted by molar-refractivity contribution is -0.119. The summed E-state index contributed by atoms with van der Waals surface area (Å²) in [4.78, 5) is 103. The fraction of sp³-hybridized carbons (Fsp3) is 0.282. The summed E-state index contributed by atoms with van der Waals surface area (Å²) in [6.45, 7) is 1.72. The summed E-state index contributed by atoms with van der Waals surface area (Å²) in [6.07, 6.45) is 11.1. The fourth-order valence-corrected chi connectivity index (χ4v) is 6.40. The molecule has 330 valence electrons. The van der Waals surface area contributed by atoms with Gasteiger partial charge in [0.1, 0.15) is 17.1 Å². The van der Waals surface area contributed by atoms with Gasteiger partial charge in [-0.3, -0.25) is 33.6 Å². The number of imidazole rings is 3. The van der Waals surface area contributed by atoms with E-state index in [0.29, 0.717) is 22.8 Å². The van der Waals surface area contributed by atoms with Gasteiger partial charge >= 0.3 is 0 Å². The highest BCUT2D eigenvalue weighted by Gasteiger charge is 2.24. The molecule has 24 heteroatoms. The summed E-state index contributed by atoms with van der Waals surface area (Å²) < 4.78 is 9.06. The third-order valence-corrected chi connectivity index (χ3v) is 9.73. The van der Waals surface area contributed by atoms with Crippen LogP contribution in [0.25, 0.3) is 0 Å². The van der Waals surface area contributed by atoms with Gasteiger partial charge < -0.3 is 70.4 Å². The minimum Gasteiger partial charge on any atom is -0.355 e. The van der Waals surface area contributed by atoms with Crippen LogP contribution in [0, 0.1) is 5.92 Å². The van der Waals surface area contributed by atoms with Crippen molar-refractivity contribution in [1.82, 2.24) is 53.0 Å². The summed E-state index contributed by atoms with van der Waals surface area (Å²) in [7, 11) is 9.80. The van der Waals surface area contributed by atoms with Gasteiger partial charge in [0.05, 0.1) is 29.9 Å². The number of amides is 7. The number of carbonyl (C=O) groups excluding carboxylic acids is 7. The highest BCUT2D eigenvalue weighted by atomic mass is 16.2. The zero-order valence-electron chi connectivity index (χ0n) is 35.4. The molecule has 7 amide bonds. The summed E-state index contributed by atoms with van der Waals surface area (Å²) in [5.41, 5.74) is 7.51. The Labute approximate surface area is 359 Å². The lowest BCUT2D eigenvalue weighted by Crippen LogP contribution is -2.31. The maximum Gasteiger partial charge on any atom is 0.292 e. The number of nitrogens with zero attached hydrogens (tertiary/aromatic N) is 9. The largest absolute Gasteiger partial charge is 0.355 e. The zero-order chi connectivity index (χ0) is 45.7. The Morgan fingerprint density at radius 2 is 1.13 bits per heavy atom. The van der Waals surface area contributed by atoms with E-state index in [9.17, 15) is 33.6 Å². The molecule has 0 saturated heterocycles. The normalized spacial score (nSPS) is 11.4. The van der Waals surface area contributed by atoms with Gasteiger partial charge in [-0.1, -0.05) is 6.92 Å². The molecule has 24 nitrogen and oxygen atoms in total. The van der Waals surface area contributed by atoms with Gasteiger partial charge in [0.25, 0.3) is 35.4 Å². The highest BCUT2D eigenvalue weighted by molar-refractivity contribution is 6.08. The summed E-state index contributed by atoms with van der Waals surface area (Å²) in [5.74, 6) is -4.16. The predicted molar refractivity (Wildman–Crippen MR) is 229 cm³/mol. The molecule has 0 aromatic carbocycles. The number of anilines is 5. The molecule has 6 aromatic rings. The molecule has 6 rings (SSSR count). The van der Waals surface area contributed by atoms with Gasteiger partial charge in [-0.2, -0.15) is 0 Å². The number of nitrogens with two attached hydrogens (primary N) is 1. The van der Waals surface area contributed by atoms with Crippen LogP contribution in [-0.2, 0) is 47.1 Å². The van der Waals surface area contributed by atoms with E-state index in [0.717, 1.165) is 0 Å². The van der Waals surface area contributed by atoms with Crippen molar-refractivity contribution >= 4 is 70.0 Å². The van der Waals surface area contributed by atoms with Crippen molar-refractivity contribution in [2.24, 2.45) is 53.9 Å². The molecule has 0 aliphatic rings. The van der Waals surface area contributed by atoms with E-state index in [-0.39, 0.29) is 71.9 Å². The fourth-order valence-electron chi connectivity index (χ4n) is 6.40. The van der Waals surface area contributed by atoms with Crippen LogP contribution in [0.5, 0.6) is 0 Å². The van der Waals surface area contributed by atoms with Crippen LogP contribution in [-0.4, -0.2) is 96.9 Å². The standard InChI is InChI=1S/C39H47N17O7/c1-21(33(57)45-23-12-26(52(3)16-23)36(60)46-24-13-25(53(4)17-24)35(59)44-22-9-11-51(2)15-22)8-10-41-37(61)31-47-28(18-54(31)5)50-39(63)32-48-29(19-55(32)6)49-38(62)30-42-14-27(56(30)7)34(58)43-20-40/h9,11-19,21H,8,10,20,40H2,1-7H3,(H,41,61)(H,43,58)(H,44,59)(H,45,57)(H,46,60)(H,49,62)(H,50,63). The lowest BCUT2D eigenvalue weighted by Gasteiger charge is -2.12. The minimum atomic E-state index is -0.679. The SMILES string of the molecule is CC(CCNC(=O)c1nc(NC(=O)c2nc(NC(=O)c3ncc(C(=O)NCN)n3C)cn2C)cn1C)C(=O)Nc1cc(C(=O)Nc2cc(C(=O)Nc3ccn(C)c3)n(C)c2)n(C)c1. The van der Waals surface area contributed by atoms with E-state index in [1.165, 1.54) is 45.4 Å². The second-order valence-corrected chi connectivity index (χ2v) is 14.6. The van der Waals surface area contributed by atoms with Crippen LogP contribution in [0.1, 0.15) is 76.7 Å². The first kappa shape index (κ1) is 44.3. The van der Waals surface area contributed by atoms with Crippen molar-refractivity contribution < 1.29 is 33.6 Å². The van der Waals surface area contributed by atoms with Crippen LogP contribution in [0.2, 0.25) is 0 Å². The van der Waals surface area contributed by atoms with Gasteiger partial charge in [0.2, 0.25) is 17.6 Å². The zero-order valence-corrected chi connectivity index (χ0v) is 35.4. The Kier molecular flexibility index (Phi) is 13.0. The molecule has 1 unspecified atom stereocenters. The first-order valence-corrected chi connectivity index (χ1v) is 19.3. The number of rotatable bonds is 16. The molecule has 6 heterocycles. The third kappa shape index (κ3) is 10.2. The highest BCUT2D eigenvalue weighted by Crippen LogP contribution is 2.20. The molecule has 0 saturated carbocycles. The lowest BCUT2D eigenvalue weighted by atomic mass is 10.1. The van der Waals surface area contributed by atoms with Crippen molar-refractivity contribution in [2.45, 2.75) is 13.3 Å². The molecule has 0 bridgehead atoms. The summed E-state index contributed by atoms with van der Waals surface area (Å²) in [6, 6.07) is 4.86. The van der Waals surface area contributed by atoms with Gasteiger partial charge in [0.15, 0.2) is 17.5 Å². The Morgan fingerprint density at radius 1 is 0.587 bits per heavy atom. The first-order chi connectivity index (χ1) is 29.9. The number of nitrogens with one attached hydrogen (secondary N) is 7. The van der Waals surface area contributed by atoms with Crippen LogP contribution in [0.15, 0.2) is 61.6 Å². The van der Waals surface area contributed by atoms with Crippen molar-refractivity contribution in [3.05, 3.63) is 96.1 Å². The van der Waals surface area contributed by atoms with E-state index in [4.69, 9.17) is 5.73 Å². The van der Waals surface area contributed by atoms with E-state index < -0.39 is 35.5 Å². The van der Waals surface area contributed by atoms with E-state index in [1.807, 2.05) is 17.8 Å². The van der Waals surface area contributed by atoms with Crippen molar-refractivity contribution in [2.75, 3.05) is 39.8 Å². The molecular weight excluding hydrogens is 819 g/mol. The van der Waals surface area contributed by atoms with Gasteiger partial charge in [-0.25, -0.2) is 15.0 Å². The van der Waals surface area contributed by atoms with Gasteiger partial charge in [-0.05, 0) is 24.6 Å². The monoisotopic (exact) mass is 865 g/mol. The molecule has 63 heavy (non-hydrogen) atoms. The summed E-state index contributed by atoms with van der Waals surface area (Å²) in [5, 5.41) is 18.7. The molecule has 0 radical (unpaired) electrons. The number of hydrogen-bond acceptors (Lipinski definition) is 11. The Hall–Kier alpha value is -8.28. The van der Waals surface area contributed by atoms with E-state index in [2.05, 4.69) is 52.2 Å². The number of hydrogen-bond donors (Lipinski definition) is 8. The predicted octanol–water partition coefficient (Wildman–Crippen LogP) is 0.953. The van der Waals surface area contributed by atoms with Crippen molar-refractivity contribution in [1.29, 1.82) is 0 Å². The van der Waals surface area contributed by atoms with Crippen molar-refractivity contribution in [3.8, 4) is 0 Å². The molecule has 0 spiro atoms. The molecule has 9 N–H and O–H groups in total. The topological polar surface area (TPSA) is 298 Å². The number of carbonyl (C=O) groups is 7. The average Bonchev–Trinajstić information content (AvgIpc) is 4.08. The van der Waals surface area contributed by atoms with E-state index >= 15 is 0 Å². The van der Waals surface area contributed by atoms with Crippen LogP contribution in [0.3, 0.4) is 0 Å². The van der Waals surface area contributed by atoms with Crippen molar-refractivity contribution in [3.63, 3.8) is 0 Å². The van der Waals surface area contributed by atoms with Gasteiger partial charge in [0, 0.05) is 91.9 Å². The first-order valence-electron chi connectivity index (χ1n) is 19.3. The van der Waals surface area contributed by atoms with Crippen LogP contribution >= 0.6 is 0 Å². The molecule has 0 fully saturated rings. The van der Waals surface area contributed by atoms with Gasteiger partial charge in [-0.15, -0.1) is 0 Å². The molecule has 6 aromatic heterocycles. The molecule has 1 atom stereocenters. The third-order valence-electron chi connectivity index (χ3n) is 9.73. The minimum absolute atomic E-state index is 0.0120. The number of aryl methyl sites for hydroxylation is 5. The Bertz CT molecular complexity index is 2740. The maximum atomic E-state index is 13.2. The molecular formula is C39H47N17O7. The van der Waals surface area contributed by atoms with Crippen LogP contribution in [0.4, 0.5) is 28.7 Å². The smallest absolute Gasteiger partial charge is 0.292 e. The van der Waals surface area contributed by atoms with Crippen LogP contribution < -0.4 is 43.0 Å². The Balaban J connectivity index is 0.963. The molecule has 0 aliphatic carbocycles. The summed E-state index contributed by atoms with van der Waals surface area (Å²) >= 11 is 0. The number of aromatic nitrogens is 9.